The standard InChI is InChI=1S/C49H73NO12/c1-28-26-57-43(22-38(51)45(28)62-44-23-39(52)46(30(3)59-44)61-42-15-18-50(24-29(2)58-42)25-31-9-7-6-8-10-31)60-34-13-16-47(4)33(20-34)11-12-36-37(47)21-40(53)48(5)35(14-17-49(36,48)55)32-19-41(54)56-27-32/h6-10,19,28-30,33-40,42-46,51-53,55H,11-18,20-27H2,1-5H3/t28-,29?,30-,33?,34-,35+,36?,37?,38-,39-,40-,42?,43-,44-,45+,46+,47-,48-,49-/m0/s1. The van der Waals surface area contributed by atoms with Crippen LogP contribution in [0.1, 0.15) is 111 Å². The van der Waals surface area contributed by atoms with Crippen molar-refractivity contribution >= 4 is 5.97 Å². The molecule has 4 aliphatic heterocycles. The third-order valence-electron chi connectivity index (χ3n) is 17.4. The third kappa shape index (κ3) is 8.48. The fourth-order valence-electron chi connectivity index (χ4n) is 14.0. The minimum Gasteiger partial charge on any atom is -0.458 e. The van der Waals surface area contributed by atoms with E-state index < -0.39 is 66.5 Å². The van der Waals surface area contributed by atoms with E-state index in [1.54, 1.807) is 6.08 Å². The van der Waals surface area contributed by atoms with Crippen molar-refractivity contribution in [2.45, 2.75) is 185 Å². The molecule has 9 rings (SSSR count). The number of benzene rings is 1. The summed E-state index contributed by atoms with van der Waals surface area (Å²) in [4.78, 5) is 14.4. The van der Waals surface area contributed by atoms with Gasteiger partial charge >= 0.3 is 5.97 Å². The Morgan fingerprint density at radius 1 is 0.806 bits per heavy atom. The first-order valence-electron chi connectivity index (χ1n) is 23.9. The zero-order chi connectivity index (χ0) is 43.6. The maximum atomic E-state index is 12.6. The van der Waals surface area contributed by atoms with Gasteiger partial charge in [0.25, 0.3) is 0 Å². The van der Waals surface area contributed by atoms with Gasteiger partial charge < -0.3 is 53.6 Å². The number of nitrogens with zero attached hydrogens (tertiary/aromatic N) is 1. The maximum Gasteiger partial charge on any atom is 0.331 e. The van der Waals surface area contributed by atoms with Gasteiger partial charge in [0, 0.05) is 56.3 Å². The van der Waals surface area contributed by atoms with Crippen LogP contribution in [0.25, 0.3) is 0 Å². The summed E-state index contributed by atoms with van der Waals surface area (Å²) in [5, 5.41) is 47.6. The summed E-state index contributed by atoms with van der Waals surface area (Å²) in [6.07, 6.45) is 3.49. The second-order valence-corrected chi connectivity index (χ2v) is 21.1. The molecule has 4 N–H and O–H groups in total. The first-order valence-corrected chi connectivity index (χ1v) is 23.9. The number of rotatable bonds is 9. The molecule has 3 saturated heterocycles. The lowest BCUT2D eigenvalue weighted by molar-refractivity contribution is -0.303. The van der Waals surface area contributed by atoms with Gasteiger partial charge in [0.15, 0.2) is 18.9 Å². The van der Waals surface area contributed by atoms with Crippen LogP contribution in [0.4, 0.5) is 0 Å². The summed E-state index contributed by atoms with van der Waals surface area (Å²) in [5.74, 6) is 0.116. The fraction of sp³-hybridized carbons (Fsp3) is 0.816. The van der Waals surface area contributed by atoms with Crippen LogP contribution in [0.2, 0.25) is 0 Å². The highest BCUT2D eigenvalue weighted by Gasteiger charge is 2.71. The Bertz CT molecular complexity index is 1740. The molecule has 62 heavy (non-hydrogen) atoms. The SMILES string of the molecule is CC1CN(Cc2ccccc2)CCC(O[C@@H]2[C@H](C)O[C@@H](O[C@@H]3[C@@H](C)CO[C@@H](O[C@H]4CC[C@@]5(C)C(CCC6C5C[C@H](O)[C@]5(C)[C@@H](C7=CC(=O)OC7)CC[C@]65O)C4)C[C@@H]3O)C[C@@H]2O)O1. The molecular formula is C49H73NO12. The Labute approximate surface area is 367 Å². The van der Waals surface area contributed by atoms with Crippen molar-refractivity contribution in [2.24, 2.45) is 40.4 Å². The maximum absolute atomic E-state index is 12.6. The van der Waals surface area contributed by atoms with Crippen molar-refractivity contribution in [3.63, 3.8) is 0 Å². The van der Waals surface area contributed by atoms with E-state index in [4.69, 9.17) is 33.2 Å². The lowest BCUT2D eigenvalue weighted by Gasteiger charge is -2.65. The average Bonchev–Trinajstić information content (AvgIpc) is 3.68. The van der Waals surface area contributed by atoms with Crippen LogP contribution in [-0.2, 0) is 44.5 Å². The lowest BCUT2D eigenvalue weighted by Crippen LogP contribution is -2.67. The molecule has 0 amide bonds. The van der Waals surface area contributed by atoms with Gasteiger partial charge in [0.1, 0.15) is 12.7 Å². The van der Waals surface area contributed by atoms with Crippen LogP contribution >= 0.6 is 0 Å². The number of hydrogen-bond donors (Lipinski definition) is 4. The minimum atomic E-state index is -1.00. The second kappa shape index (κ2) is 18.0. The van der Waals surface area contributed by atoms with Gasteiger partial charge in [-0.25, -0.2) is 4.79 Å². The highest BCUT2D eigenvalue weighted by atomic mass is 16.7. The second-order valence-electron chi connectivity index (χ2n) is 21.1. The highest BCUT2D eigenvalue weighted by molar-refractivity contribution is 5.85. The molecule has 5 unspecified atom stereocenters. The number of carbonyl (C=O) groups excluding carboxylic acids is 1. The zero-order valence-electron chi connectivity index (χ0n) is 37.5. The van der Waals surface area contributed by atoms with E-state index in [2.05, 4.69) is 49.9 Å². The first kappa shape index (κ1) is 45.2. The Hall–Kier alpha value is -2.01. The van der Waals surface area contributed by atoms with E-state index >= 15 is 0 Å². The summed E-state index contributed by atoms with van der Waals surface area (Å²) in [6.45, 7) is 13.5. The molecule has 346 valence electrons. The van der Waals surface area contributed by atoms with Gasteiger partial charge in [-0.2, -0.15) is 0 Å². The van der Waals surface area contributed by atoms with Crippen molar-refractivity contribution < 1.29 is 58.4 Å². The molecule has 0 aromatic heterocycles. The molecule has 0 bridgehead atoms. The quantitative estimate of drug-likeness (QED) is 0.238. The summed E-state index contributed by atoms with van der Waals surface area (Å²) in [6, 6.07) is 10.4. The molecule has 0 spiro atoms. The van der Waals surface area contributed by atoms with E-state index in [0.717, 1.165) is 63.7 Å². The number of aliphatic hydroxyl groups excluding tert-OH is 3. The van der Waals surface area contributed by atoms with Crippen molar-refractivity contribution in [3.8, 4) is 0 Å². The number of ether oxygens (including phenoxy) is 7. The van der Waals surface area contributed by atoms with E-state index in [1.807, 2.05) is 19.9 Å². The van der Waals surface area contributed by atoms with Gasteiger partial charge in [-0.15, -0.1) is 0 Å². The molecule has 0 radical (unpaired) electrons. The topological polar surface area (TPSA) is 166 Å². The number of fused-ring (bicyclic) bond motifs is 5. The molecule has 1 aromatic carbocycles. The van der Waals surface area contributed by atoms with Crippen molar-refractivity contribution in [3.05, 3.63) is 47.5 Å². The van der Waals surface area contributed by atoms with Crippen LogP contribution in [0, 0.1) is 40.4 Å². The normalized spacial score (nSPS) is 48.9. The minimum absolute atomic E-state index is 0.0267. The van der Waals surface area contributed by atoms with E-state index in [9.17, 15) is 25.2 Å². The summed E-state index contributed by atoms with van der Waals surface area (Å²) < 4.78 is 43.8. The van der Waals surface area contributed by atoms with Crippen LogP contribution in [-0.4, -0.2) is 131 Å². The molecule has 4 heterocycles. The Balaban J connectivity index is 0.761. The number of cyclic esters (lactones) is 1. The van der Waals surface area contributed by atoms with Gasteiger partial charge in [-0.3, -0.25) is 4.90 Å². The Morgan fingerprint density at radius 2 is 1.56 bits per heavy atom. The monoisotopic (exact) mass is 868 g/mol. The molecular weight excluding hydrogens is 795 g/mol. The van der Waals surface area contributed by atoms with Gasteiger partial charge in [-0.05, 0) is 105 Å². The van der Waals surface area contributed by atoms with Crippen molar-refractivity contribution in [2.75, 3.05) is 26.3 Å². The molecule has 7 fully saturated rings. The van der Waals surface area contributed by atoms with Crippen LogP contribution < -0.4 is 0 Å². The summed E-state index contributed by atoms with van der Waals surface area (Å²) >= 11 is 0. The zero-order valence-corrected chi connectivity index (χ0v) is 37.5. The van der Waals surface area contributed by atoms with Crippen molar-refractivity contribution in [1.29, 1.82) is 0 Å². The summed E-state index contributed by atoms with van der Waals surface area (Å²) in [7, 11) is 0. The van der Waals surface area contributed by atoms with Crippen LogP contribution in [0.5, 0.6) is 0 Å². The number of carbonyl (C=O) groups is 1. The number of esters is 1. The van der Waals surface area contributed by atoms with Crippen LogP contribution in [0.15, 0.2) is 42.0 Å². The molecule has 19 atom stereocenters. The smallest absolute Gasteiger partial charge is 0.331 e. The Morgan fingerprint density at radius 3 is 2.32 bits per heavy atom. The molecule has 8 aliphatic rings. The Kier molecular flexibility index (Phi) is 13.1. The van der Waals surface area contributed by atoms with Crippen LogP contribution in [0.3, 0.4) is 0 Å². The molecule has 13 heteroatoms. The van der Waals surface area contributed by atoms with Gasteiger partial charge in [0.2, 0.25) is 0 Å². The summed E-state index contributed by atoms with van der Waals surface area (Å²) in [5.41, 5.74) is 0.409. The average molecular weight is 868 g/mol. The first-order chi connectivity index (χ1) is 29.6. The van der Waals surface area contributed by atoms with E-state index in [-0.39, 0.29) is 66.7 Å². The molecule has 4 saturated carbocycles. The fourth-order valence-corrected chi connectivity index (χ4v) is 14.0. The number of aliphatic hydroxyl groups is 4. The van der Waals surface area contributed by atoms with E-state index in [0.29, 0.717) is 31.8 Å². The largest absolute Gasteiger partial charge is 0.458 e. The predicted molar refractivity (Wildman–Crippen MR) is 227 cm³/mol. The number of hydrogen-bond acceptors (Lipinski definition) is 13. The third-order valence-corrected chi connectivity index (χ3v) is 17.4. The van der Waals surface area contributed by atoms with Crippen molar-refractivity contribution in [1.82, 2.24) is 4.90 Å². The van der Waals surface area contributed by atoms with Gasteiger partial charge in [-0.1, -0.05) is 51.1 Å². The molecule has 4 aliphatic carbocycles. The highest BCUT2D eigenvalue weighted by Crippen LogP contribution is 2.70. The predicted octanol–water partition coefficient (Wildman–Crippen LogP) is 5.25. The molecule has 13 nitrogen and oxygen atoms in total. The molecule has 1 aromatic rings. The van der Waals surface area contributed by atoms with E-state index in [1.165, 1.54) is 5.56 Å². The lowest BCUT2D eigenvalue weighted by atomic mass is 9.42. The van der Waals surface area contributed by atoms with Gasteiger partial charge in [0.05, 0.1) is 54.9 Å².